The van der Waals surface area contributed by atoms with Gasteiger partial charge in [0.25, 0.3) is 0 Å². The molecule has 0 radical (unpaired) electrons. The third-order valence-corrected chi connectivity index (χ3v) is 4.80. The summed E-state index contributed by atoms with van der Waals surface area (Å²) in [4.78, 5) is 11.8. The van der Waals surface area contributed by atoms with Crippen LogP contribution in [0.15, 0.2) is 36.9 Å². The lowest BCUT2D eigenvalue weighted by Gasteiger charge is -2.25. The van der Waals surface area contributed by atoms with Crippen LogP contribution in [0.5, 0.6) is 11.5 Å². The van der Waals surface area contributed by atoms with Crippen molar-refractivity contribution in [1.29, 1.82) is 0 Å². The highest BCUT2D eigenvalue weighted by atomic mass is 16.5. The molecule has 0 amide bonds. The lowest BCUT2D eigenvalue weighted by Crippen LogP contribution is -2.15. The average molecular weight is 359 g/mol. The molecule has 1 rings (SSSR count). The van der Waals surface area contributed by atoms with Gasteiger partial charge in [-0.2, -0.15) is 0 Å². The minimum absolute atomic E-state index is 0.151. The molecule has 0 heterocycles. The minimum Gasteiger partial charge on any atom is -0.496 e. The second kappa shape index (κ2) is 11.6. The van der Waals surface area contributed by atoms with Gasteiger partial charge in [-0.05, 0) is 50.3 Å². The highest BCUT2D eigenvalue weighted by Crippen LogP contribution is 2.42. The minimum atomic E-state index is -0.182. The van der Waals surface area contributed by atoms with E-state index in [4.69, 9.17) is 9.47 Å². The summed E-state index contributed by atoms with van der Waals surface area (Å²) in [5.74, 6) is 1.20. The van der Waals surface area contributed by atoms with E-state index in [0.717, 1.165) is 54.6 Å². The number of hydrogen-bond acceptors (Lipinski definition) is 3. The van der Waals surface area contributed by atoms with Gasteiger partial charge in [-0.3, -0.25) is 0 Å². The summed E-state index contributed by atoms with van der Waals surface area (Å²) in [5.41, 5.74) is 3.18. The molecular formula is C23H34O3. The Morgan fingerprint density at radius 3 is 2.23 bits per heavy atom. The standard InChI is InChI=1S/C23H34O3/c1-7-9-10-11-18-14-21(25-5)23(22(15-18)26-6)20(8-2)19(16-24)13-12-17(3)4/h8,14-16,19-20H,2-3,7,9-13H2,1,4-6H3/t19-,20+/m1/s1. The Labute approximate surface area is 159 Å². The molecule has 0 aromatic heterocycles. The maximum absolute atomic E-state index is 11.8. The topological polar surface area (TPSA) is 35.5 Å². The zero-order valence-electron chi connectivity index (χ0n) is 16.8. The van der Waals surface area contributed by atoms with Crippen molar-refractivity contribution in [3.05, 3.63) is 48.1 Å². The van der Waals surface area contributed by atoms with E-state index in [1.807, 2.05) is 13.0 Å². The molecule has 144 valence electrons. The van der Waals surface area contributed by atoms with E-state index in [2.05, 4.69) is 32.2 Å². The highest BCUT2D eigenvalue weighted by molar-refractivity contribution is 5.61. The summed E-state index contributed by atoms with van der Waals surface area (Å²) in [5, 5.41) is 0. The molecule has 0 spiro atoms. The van der Waals surface area contributed by atoms with Crippen molar-refractivity contribution in [2.24, 2.45) is 5.92 Å². The Balaban J connectivity index is 3.25. The lowest BCUT2D eigenvalue weighted by molar-refractivity contribution is -0.111. The molecule has 0 saturated carbocycles. The van der Waals surface area contributed by atoms with Crippen molar-refractivity contribution in [2.45, 2.75) is 58.3 Å². The zero-order chi connectivity index (χ0) is 19.5. The Morgan fingerprint density at radius 2 is 1.81 bits per heavy atom. The van der Waals surface area contributed by atoms with Gasteiger partial charge in [-0.25, -0.2) is 0 Å². The summed E-state index contributed by atoms with van der Waals surface area (Å²) < 4.78 is 11.4. The monoisotopic (exact) mass is 358 g/mol. The second-order valence-corrected chi connectivity index (χ2v) is 6.93. The molecule has 0 fully saturated rings. The molecule has 0 N–H and O–H groups in total. The number of carbonyl (C=O) groups is 1. The highest BCUT2D eigenvalue weighted by Gasteiger charge is 2.27. The number of benzene rings is 1. The SMILES string of the molecule is C=C[C@H](c1c(OC)cc(CCCCC)cc1OC)[C@@H](C=O)CCC(=C)C. The van der Waals surface area contributed by atoms with E-state index in [-0.39, 0.29) is 11.8 Å². The van der Waals surface area contributed by atoms with Crippen molar-refractivity contribution < 1.29 is 14.3 Å². The van der Waals surface area contributed by atoms with Gasteiger partial charge < -0.3 is 14.3 Å². The number of hydrogen-bond donors (Lipinski definition) is 0. The Hall–Kier alpha value is -2.03. The first-order valence-electron chi connectivity index (χ1n) is 9.49. The van der Waals surface area contributed by atoms with Crippen molar-refractivity contribution in [2.75, 3.05) is 14.2 Å². The van der Waals surface area contributed by atoms with Gasteiger partial charge in [0.2, 0.25) is 0 Å². The van der Waals surface area contributed by atoms with E-state index in [1.54, 1.807) is 14.2 Å². The fraction of sp³-hybridized carbons (Fsp3) is 0.522. The normalized spacial score (nSPS) is 12.9. The van der Waals surface area contributed by atoms with E-state index < -0.39 is 0 Å². The number of allylic oxidation sites excluding steroid dienone is 2. The van der Waals surface area contributed by atoms with Crippen LogP contribution < -0.4 is 9.47 Å². The van der Waals surface area contributed by atoms with Gasteiger partial charge in [0.05, 0.1) is 14.2 Å². The quantitative estimate of drug-likeness (QED) is 0.251. The van der Waals surface area contributed by atoms with Crippen LogP contribution in [-0.4, -0.2) is 20.5 Å². The first kappa shape index (κ1) is 22.0. The number of rotatable bonds is 13. The average Bonchev–Trinajstić information content (AvgIpc) is 2.64. The van der Waals surface area contributed by atoms with Gasteiger partial charge in [0.15, 0.2) is 0 Å². The van der Waals surface area contributed by atoms with E-state index >= 15 is 0 Å². The van der Waals surface area contributed by atoms with E-state index in [1.165, 1.54) is 18.4 Å². The number of ether oxygens (including phenoxy) is 2. The smallest absolute Gasteiger partial charge is 0.126 e. The Kier molecular flexibility index (Phi) is 9.79. The van der Waals surface area contributed by atoms with Crippen LogP contribution in [0.25, 0.3) is 0 Å². The van der Waals surface area contributed by atoms with Crippen LogP contribution in [0.1, 0.15) is 63.0 Å². The summed E-state index contributed by atoms with van der Waals surface area (Å²) in [6.45, 7) is 12.1. The molecule has 0 unspecified atom stereocenters. The van der Waals surface area contributed by atoms with E-state index in [9.17, 15) is 4.79 Å². The van der Waals surface area contributed by atoms with Crippen molar-refractivity contribution >= 4 is 6.29 Å². The molecule has 3 heteroatoms. The maximum Gasteiger partial charge on any atom is 0.126 e. The zero-order valence-corrected chi connectivity index (χ0v) is 16.8. The van der Waals surface area contributed by atoms with Gasteiger partial charge in [-0.15, -0.1) is 13.2 Å². The molecule has 2 atom stereocenters. The largest absolute Gasteiger partial charge is 0.496 e. The van der Waals surface area contributed by atoms with Crippen molar-refractivity contribution in [3.8, 4) is 11.5 Å². The lowest BCUT2D eigenvalue weighted by atomic mass is 9.82. The molecular weight excluding hydrogens is 324 g/mol. The molecule has 1 aromatic carbocycles. The predicted molar refractivity (Wildman–Crippen MR) is 109 cm³/mol. The van der Waals surface area contributed by atoms with Crippen LogP contribution in [-0.2, 0) is 11.2 Å². The van der Waals surface area contributed by atoms with Gasteiger partial charge in [0.1, 0.15) is 17.8 Å². The van der Waals surface area contributed by atoms with Crippen molar-refractivity contribution in [1.82, 2.24) is 0 Å². The fourth-order valence-corrected chi connectivity index (χ4v) is 3.30. The first-order valence-corrected chi connectivity index (χ1v) is 9.49. The molecule has 0 aliphatic rings. The third-order valence-electron chi connectivity index (χ3n) is 4.80. The summed E-state index contributed by atoms with van der Waals surface area (Å²) >= 11 is 0. The molecule has 1 aromatic rings. The summed E-state index contributed by atoms with van der Waals surface area (Å²) in [6.07, 6.45) is 8.92. The predicted octanol–water partition coefficient (Wildman–Crippen LogP) is 5.88. The fourth-order valence-electron chi connectivity index (χ4n) is 3.30. The van der Waals surface area contributed by atoms with Gasteiger partial charge in [-0.1, -0.05) is 31.4 Å². The maximum atomic E-state index is 11.8. The molecule has 0 bridgehead atoms. The Morgan fingerprint density at radius 1 is 1.19 bits per heavy atom. The van der Waals surface area contributed by atoms with Crippen LogP contribution in [0, 0.1) is 5.92 Å². The molecule has 0 aliphatic carbocycles. The van der Waals surface area contributed by atoms with Crippen LogP contribution >= 0.6 is 0 Å². The van der Waals surface area contributed by atoms with Crippen LogP contribution in [0.4, 0.5) is 0 Å². The third kappa shape index (κ3) is 6.05. The van der Waals surface area contributed by atoms with Gasteiger partial charge >= 0.3 is 0 Å². The molecule has 0 aliphatic heterocycles. The summed E-state index contributed by atoms with van der Waals surface area (Å²) in [7, 11) is 3.33. The van der Waals surface area contributed by atoms with Crippen LogP contribution in [0.2, 0.25) is 0 Å². The summed E-state index contributed by atoms with van der Waals surface area (Å²) in [6, 6.07) is 4.15. The number of unbranched alkanes of at least 4 members (excludes halogenated alkanes) is 2. The number of aryl methyl sites for hydroxylation is 1. The first-order chi connectivity index (χ1) is 12.5. The Bertz CT molecular complexity index is 578. The molecule has 26 heavy (non-hydrogen) atoms. The number of carbonyl (C=O) groups excluding carboxylic acids is 1. The molecule has 3 nitrogen and oxygen atoms in total. The van der Waals surface area contributed by atoms with Gasteiger partial charge in [0, 0.05) is 17.4 Å². The van der Waals surface area contributed by atoms with E-state index in [0.29, 0.717) is 0 Å². The number of methoxy groups -OCH3 is 2. The molecule has 0 saturated heterocycles. The second-order valence-electron chi connectivity index (χ2n) is 6.93. The van der Waals surface area contributed by atoms with Crippen molar-refractivity contribution in [3.63, 3.8) is 0 Å². The van der Waals surface area contributed by atoms with Crippen LogP contribution in [0.3, 0.4) is 0 Å². The number of aldehydes is 1.